The molecular weight excluding hydrogens is 256 g/mol. The molecule has 0 fully saturated rings. The number of benzene rings is 1. The maximum Gasteiger partial charge on any atom is 0.287 e. The topological polar surface area (TPSA) is 85.3 Å². The van der Waals surface area contributed by atoms with E-state index in [1.807, 2.05) is 30.3 Å². The van der Waals surface area contributed by atoms with E-state index >= 15 is 0 Å². The quantitative estimate of drug-likeness (QED) is 0.811. The van der Waals surface area contributed by atoms with Crippen LogP contribution in [0.4, 0.5) is 0 Å². The fraction of sp³-hybridized carbons (Fsp3) is 0.0667. The molecule has 0 spiro atoms. The third kappa shape index (κ3) is 3.75. The van der Waals surface area contributed by atoms with Crippen LogP contribution in [0.5, 0.6) is 0 Å². The van der Waals surface area contributed by atoms with Gasteiger partial charge in [0.2, 0.25) is 5.91 Å². The van der Waals surface area contributed by atoms with Crippen LogP contribution in [-0.2, 0) is 4.79 Å². The summed E-state index contributed by atoms with van der Waals surface area (Å²) in [7, 11) is 0. The van der Waals surface area contributed by atoms with Crippen molar-refractivity contribution in [3.05, 3.63) is 59.5 Å². The van der Waals surface area contributed by atoms with Crippen LogP contribution in [0.3, 0.4) is 0 Å². The number of carbonyl (C=O) groups is 2. The van der Waals surface area contributed by atoms with Gasteiger partial charge in [-0.25, -0.2) is 0 Å². The van der Waals surface area contributed by atoms with E-state index in [4.69, 9.17) is 10.2 Å². The molecule has 0 aliphatic heterocycles. The van der Waals surface area contributed by atoms with Gasteiger partial charge in [0.1, 0.15) is 0 Å². The molecule has 0 aliphatic rings. The van der Waals surface area contributed by atoms with E-state index in [1.165, 1.54) is 6.07 Å². The normalized spacial score (nSPS) is 9.40. The van der Waals surface area contributed by atoms with Gasteiger partial charge in [0.25, 0.3) is 5.91 Å². The summed E-state index contributed by atoms with van der Waals surface area (Å²) in [6, 6.07) is 12.5. The average molecular weight is 268 g/mol. The Kier molecular flexibility index (Phi) is 4.20. The first-order chi connectivity index (χ1) is 9.65. The average Bonchev–Trinajstić information content (AvgIpc) is 2.92. The van der Waals surface area contributed by atoms with Crippen molar-refractivity contribution >= 4 is 11.8 Å². The zero-order valence-corrected chi connectivity index (χ0v) is 10.6. The predicted octanol–water partition coefficient (Wildman–Crippen LogP) is 0.894. The van der Waals surface area contributed by atoms with E-state index in [2.05, 4.69) is 17.2 Å². The summed E-state index contributed by atoms with van der Waals surface area (Å²) in [5.74, 6) is 5.07. The fourth-order valence-corrected chi connectivity index (χ4v) is 1.44. The first-order valence-electron chi connectivity index (χ1n) is 5.88. The largest absolute Gasteiger partial charge is 0.443 e. The molecule has 0 aliphatic carbocycles. The SMILES string of the molecule is NC(=O)CNC(=O)c1ccc(C#Cc2ccccc2)o1. The van der Waals surface area contributed by atoms with Gasteiger partial charge >= 0.3 is 0 Å². The van der Waals surface area contributed by atoms with Crippen LogP contribution >= 0.6 is 0 Å². The molecule has 0 unspecified atom stereocenters. The third-order valence-electron chi connectivity index (χ3n) is 2.36. The third-order valence-corrected chi connectivity index (χ3v) is 2.36. The van der Waals surface area contributed by atoms with Crippen LogP contribution in [0.1, 0.15) is 21.9 Å². The van der Waals surface area contributed by atoms with Crippen molar-refractivity contribution in [1.82, 2.24) is 5.32 Å². The van der Waals surface area contributed by atoms with E-state index in [1.54, 1.807) is 6.07 Å². The van der Waals surface area contributed by atoms with Gasteiger partial charge in [0.05, 0.1) is 6.54 Å². The van der Waals surface area contributed by atoms with E-state index in [0.717, 1.165) is 5.56 Å². The van der Waals surface area contributed by atoms with Gasteiger partial charge < -0.3 is 15.5 Å². The zero-order valence-electron chi connectivity index (χ0n) is 10.6. The second-order valence-electron chi connectivity index (χ2n) is 3.93. The number of carbonyl (C=O) groups excluding carboxylic acids is 2. The lowest BCUT2D eigenvalue weighted by atomic mass is 10.2. The van der Waals surface area contributed by atoms with Crippen LogP contribution < -0.4 is 11.1 Å². The number of nitrogens with one attached hydrogen (secondary N) is 1. The maximum atomic E-state index is 11.6. The highest BCUT2D eigenvalue weighted by molar-refractivity contribution is 5.94. The van der Waals surface area contributed by atoms with Gasteiger partial charge in [0, 0.05) is 5.56 Å². The first kappa shape index (κ1) is 13.4. The number of furan rings is 1. The van der Waals surface area contributed by atoms with E-state index in [-0.39, 0.29) is 12.3 Å². The number of nitrogens with two attached hydrogens (primary N) is 1. The molecule has 20 heavy (non-hydrogen) atoms. The maximum absolute atomic E-state index is 11.6. The van der Waals surface area contributed by atoms with E-state index in [0.29, 0.717) is 5.76 Å². The Morgan fingerprint density at radius 1 is 1.10 bits per heavy atom. The summed E-state index contributed by atoms with van der Waals surface area (Å²) in [6.45, 7) is -0.232. The minimum absolute atomic E-state index is 0.0867. The molecule has 0 saturated heterocycles. The van der Waals surface area contributed by atoms with Crippen molar-refractivity contribution in [2.24, 2.45) is 5.73 Å². The summed E-state index contributed by atoms with van der Waals surface area (Å²) in [6.07, 6.45) is 0. The molecule has 0 bridgehead atoms. The van der Waals surface area contributed by atoms with E-state index in [9.17, 15) is 9.59 Å². The Labute approximate surface area is 115 Å². The van der Waals surface area contributed by atoms with Crippen molar-refractivity contribution in [2.75, 3.05) is 6.54 Å². The summed E-state index contributed by atoms with van der Waals surface area (Å²) < 4.78 is 5.26. The lowest BCUT2D eigenvalue weighted by molar-refractivity contribution is -0.117. The van der Waals surface area contributed by atoms with Crippen molar-refractivity contribution in [3.8, 4) is 11.8 Å². The summed E-state index contributed by atoms with van der Waals surface area (Å²) in [5, 5.41) is 2.33. The van der Waals surface area contributed by atoms with Crippen molar-refractivity contribution in [2.45, 2.75) is 0 Å². The van der Waals surface area contributed by atoms with Crippen molar-refractivity contribution in [3.63, 3.8) is 0 Å². The minimum Gasteiger partial charge on any atom is -0.443 e. The molecule has 5 heteroatoms. The smallest absolute Gasteiger partial charge is 0.287 e. The monoisotopic (exact) mass is 268 g/mol. The van der Waals surface area contributed by atoms with Crippen LogP contribution in [-0.4, -0.2) is 18.4 Å². The highest BCUT2D eigenvalue weighted by atomic mass is 16.3. The minimum atomic E-state index is -0.617. The molecule has 5 nitrogen and oxygen atoms in total. The van der Waals surface area contributed by atoms with Gasteiger partial charge in [-0.15, -0.1) is 0 Å². The van der Waals surface area contributed by atoms with E-state index < -0.39 is 11.8 Å². The molecular formula is C15H12N2O3. The van der Waals surface area contributed by atoms with Crippen molar-refractivity contribution < 1.29 is 14.0 Å². The van der Waals surface area contributed by atoms with Crippen molar-refractivity contribution in [1.29, 1.82) is 0 Å². The molecule has 2 rings (SSSR count). The molecule has 0 atom stereocenters. The first-order valence-corrected chi connectivity index (χ1v) is 5.88. The second kappa shape index (κ2) is 6.25. The van der Waals surface area contributed by atoms with Gasteiger partial charge in [-0.1, -0.05) is 24.1 Å². The summed E-state index contributed by atoms with van der Waals surface area (Å²) in [4.78, 5) is 22.1. The Bertz CT molecular complexity index is 678. The molecule has 3 N–H and O–H groups in total. The highest BCUT2D eigenvalue weighted by Crippen LogP contribution is 2.07. The Morgan fingerprint density at radius 2 is 1.85 bits per heavy atom. The van der Waals surface area contributed by atoms with Gasteiger partial charge in [0.15, 0.2) is 11.5 Å². The molecule has 1 aromatic heterocycles. The van der Waals surface area contributed by atoms with Crippen LogP contribution in [0.15, 0.2) is 46.9 Å². The number of primary amides is 1. The number of hydrogen-bond donors (Lipinski definition) is 2. The molecule has 2 aromatic rings. The van der Waals surface area contributed by atoms with Gasteiger partial charge in [-0.2, -0.15) is 0 Å². The lowest BCUT2D eigenvalue weighted by Gasteiger charge is -1.97. The standard InChI is InChI=1S/C15H12N2O3/c16-14(18)10-17-15(19)13-9-8-12(20-13)7-6-11-4-2-1-3-5-11/h1-5,8-9H,10H2,(H2,16,18)(H,17,19). The van der Waals surface area contributed by atoms with Gasteiger partial charge in [-0.3, -0.25) is 9.59 Å². The fourth-order valence-electron chi connectivity index (χ4n) is 1.44. The molecule has 2 amide bonds. The molecule has 0 saturated carbocycles. The molecule has 0 radical (unpaired) electrons. The predicted molar refractivity (Wildman–Crippen MR) is 72.7 cm³/mol. The second-order valence-corrected chi connectivity index (χ2v) is 3.93. The Balaban J connectivity index is 2.04. The van der Waals surface area contributed by atoms with Crippen LogP contribution in [0.25, 0.3) is 0 Å². The lowest BCUT2D eigenvalue weighted by Crippen LogP contribution is -2.33. The molecule has 100 valence electrons. The Morgan fingerprint density at radius 3 is 2.55 bits per heavy atom. The Hall–Kier alpha value is -3.00. The molecule has 1 heterocycles. The van der Waals surface area contributed by atoms with Crippen LogP contribution in [0.2, 0.25) is 0 Å². The number of hydrogen-bond acceptors (Lipinski definition) is 3. The van der Waals surface area contributed by atoms with Gasteiger partial charge in [-0.05, 0) is 30.2 Å². The number of rotatable bonds is 3. The molecule has 1 aromatic carbocycles. The van der Waals surface area contributed by atoms with Crippen LogP contribution in [0, 0.1) is 11.8 Å². The highest BCUT2D eigenvalue weighted by Gasteiger charge is 2.10. The summed E-state index contributed by atoms with van der Waals surface area (Å²) >= 11 is 0. The summed E-state index contributed by atoms with van der Waals surface area (Å²) in [5.41, 5.74) is 5.78. The number of amides is 2. The zero-order chi connectivity index (χ0) is 14.4.